The van der Waals surface area contributed by atoms with E-state index in [1.165, 1.54) is 0 Å². The zero-order valence-corrected chi connectivity index (χ0v) is 15.4. The van der Waals surface area contributed by atoms with E-state index < -0.39 is 0 Å². The van der Waals surface area contributed by atoms with Crippen LogP contribution in [0.4, 0.5) is 5.69 Å². The lowest BCUT2D eigenvalue weighted by molar-refractivity contribution is 0.102. The third-order valence-electron chi connectivity index (χ3n) is 4.21. The highest BCUT2D eigenvalue weighted by Crippen LogP contribution is 2.21. The van der Waals surface area contributed by atoms with E-state index >= 15 is 0 Å². The topological polar surface area (TPSA) is 64.7 Å². The van der Waals surface area contributed by atoms with Gasteiger partial charge in [0.05, 0.1) is 23.6 Å². The van der Waals surface area contributed by atoms with Crippen LogP contribution in [0.1, 0.15) is 33.1 Å². The molecule has 130 valence electrons. The summed E-state index contributed by atoms with van der Waals surface area (Å²) in [5.74, 6) is -0.235. The van der Waals surface area contributed by atoms with Crippen LogP contribution in [0.3, 0.4) is 0 Å². The number of anilines is 1. The number of aryl methyl sites for hydroxylation is 3. The van der Waals surface area contributed by atoms with Gasteiger partial charge in [0.15, 0.2) is 5.69 Å². The smallest absolute Gasteiger partial charge is 0.276 e. The van der Waals surface area contributed by atoms with Crippen molar-refractivity contribution in [2.75, 3.05) is 5.32 Å². The van der Waals surface area contributed by atoms with Crippen LogP contribution in [0.25, 0.3) is 0 Å². The average molecular weight is 358 g/mol. The number of rotatable bonds is 4. The fraction of sp³-hybridized carbons (Fsp3) is 0.278. The second kappa shape index (κ2) is 6.72. The van der Waals surface area contributed by atoms with Crippen LogP contribution in [-0.2, 0) is 13.6 Å². The monoisotopic (exact) mass is 357 g/mol. The summed E-state index contributed by atoms with van der Waals surface area (Å²) in [5, 5.41) is 12.4. The number of hydrogen-bond donors (Lipinski definition) is 1. The molecule has 1 aromatic carbocycles. The molecule has 0 fully saturated rings. The maximum absolute atomic E-state index is 12.5. The number of carbonyl (C=O) groups excluding carboxylic acids is 1. The Bertz CT molecular complexity index is 904. The summed E-state index contributed by atoms with van der Waals surface area (Å²) in [6.45, 7) is 6.34. The summed E-state index contributed by atoms with van der Waals surface area (Å²) < 4.78 is 3.55. The van der Waals surface area contributed by atoms with Gasteiger partial charge in [-0.15, -0.1) is 0 Å². The maximum Gasteiger partial charge on any atom is 0.276 e. The third kappa shape index (κ3) is 3.58. The van der Waals surface area contributed by atoms with E-state index in [-0.39, 0.29) is 5.91 Å². The fourth-order valence-corrected chi connectivity index (χ4v) is 2.77. The normalized spacial score (nSPS) is 10.9. The first-order valence-corrected chi connectivity index (χ1v) is 8.33. The van der Waals surface area contributed by atoms with Gasteiger partial charge in [-0.1, -0.05) is 23.7 Å². The fourth-order valence-electron chi connectivity index (χ4n) is 2.64. The van der Waals surface area contributed by atoms with Crippen molar-refractivity contribution in [2.24, 2.45) is 7.05 Å². The number of nitrogens with one attached hydrogen (secondary N) is 1. The van der Waals surface area contributed by atoms with Crippen LogP contribution in [0.5, 0.6) is 0 Å². The highest BCUT2D eigenvalue weighted by molar-refractivity contribution is 6.30. The lowest BCUT2D eigenvalue weighted by Gasteiger charge is -2.07. The first-order valence-electron chi connectivity index (χ1n) is 7.95. The van der Waals surface area contributed by atoms with E-state index in [0.717, 1.165) is 28.3 Å². The van der Waals surface area contributed by atoms with E-state index in [1.807, 2.05) is 56.8 Å². The largest absolute Gasteiger partial charge is 0.317 e. The van der Waals surface area contributed by atoms with E-state index in [2.05, 4.69) is 15.5 Å². The summed E-state index contributed by atoms with van der Waals surface area (Å²) in [4.78, 5) is 12.5. The molecule has 2 heterocycles. The number of halogens is 1. The molecule has 25 heavy (non-hydrogen) atoms. The molecule has 3 rings (SSSR count). The van der Waals surface area contributed by atoms with Crippen LogP contribution < -0.4 is 5.32 Å². The molecule has 1 N–H and O–H groups in total. The molecular weight excluding hydrogens is 338 g/mol. The minimum Gasteiger partial charge on any atom is -0.317 e. The van der Waals surface area contributed by atoms with Crippen LogP contribution in [0.15, 0.2) is 30.3 Å². The van der Waals surface area contributed by atoms with Gasteiger partial charge in [-0.3, -0.25) is 14.2 Å². The highest BCUT2D eigenvalue weighted by Gasteiger charge is 2.17. The number of carbonyl (C=O) groups is 1. The average Bonchev–Trinajstić information content (AvgIpc) is 3.04. The molecule has 0 unspecified atom stereocenters. The first kappa shape index (κ1) is 17.2. The van der Waals surface area contributed by atoms with Gasteiger partial charge in [0.1, 0.15) is 0 Å². The third-order valence-corrected chi connectivity index (χ3v) is 4.46. The van der Waals surface area contributed by atoms with Crippen molar-refractivity contribution in [2.45, 2.75) is 27.3 Å². The number of amides is 1. The molecule has 0 saturated heterocycles. The Morgan fingerprint density at radius 3 is 2.44 bits per heavy atom. The van der Waals surface area contributed by atoms with Gasteiger partial charge >= 0.3 is 0 Å². The molecule has 1 amide bonds. The Kier molecular flexibility index (Phi) is 4.63. The van der Waals surface area contributed by atoms with E-state index in [0.29, 0.717) is 17.3 Å². The Balaban J connectivity index is 1.81. The summed E-state index contributed by atoms with van der Waals surface area (Å²) in [7, 11) is 1.81. The highest BCUT2D eigenvalue weighted by atomic mass is 35.5. The Labute approximate surface area is 151 Å². The van der Waals surface area contributed by atoms with Crippen LogP contribution in [0, 0.1) is 20.8 Å². The van der Waals surface area contributed by atoms with Crippen LogP contribution in [-0.4, -0.2) is 25.5 Å². The van der Waals surface area contributed by atoms with Crippen molar-refractivity contribution in [1.29, 1.82) is 0 Å². The zero-order chi connectivity index (χ0) is 18.1. The van der Waals surface area contributed by atoms with Gasteiger partial charge in [0, 0.05) is 17.8 Å². The Morgan fingerprint density at radius 2 is 1.84 bits per heavy atom. The molecule has 0 aliphatic heterocycles. The number of aromatic nitrogens is 4. The standard InChI is InChI=1S/C18H20ClN5O/c1-11-9-16(22-23(11)4)18(25)20-17-12(2)21-24(13(17)3)10-14-5-7-15(19)8-6-14/h5-9H,10H2,1-4H3,(H,20,25). The predicted octanol–water partition coefficient (Wildman–Crippen LogP) is 3.50. The molecule has 3 aromatic rings. The van der Waals surface area contributed by atoms with E-state index in [9.17, 15) is 4.79 Å². The van der Waals surface area contributed by atoms with Gasteiger partial charge in [-0.25, -0.2) is 0 Å². The molecule has 0 aliphatic rings. The zero-order valence-electron chi connectivity index (χ0n) is 14.7. The van der Waals surface area contributed by atoms with E-state index in [1.54, 1.807) is 10.7 Å². The second-order valence-electron chi connectivity index (χ2n) is 6.08. The lowest BCUT2D eigenvalue weighted by atomic mass is 10.2. The molecule has 0 radical (unpaired) electrons. The van der Waals surface area contributed by atoms with Crippen molar-refractivity contribution in [1.82, 2.24) is 19.6 Å². The maximum atomic E-state index is 12.5. The summed E-state index contributed by atoms with van der Waals surface area (Å²) in [5.41, 5.74) is 4.80. The van der Waals surface area contributed by atoms with E-state index in [4.69, 9.17) is 11.6 Å². The van der Waals surface area contributed by atoms with Crippen molar-refractivity contribution in [3.05, 3.63) is 63.7 Å². The summed E-state index contributed by atoms with van der Waals surface area (Å²) in [6, 6.07) is 9.41. The van der Waals surface area contributed by atoms with Crippen molar-refractivity contribution in [3.63, 3.8) is 0 Å². The van der Waals surface area contributed by atoms with Crippen molar-refractivity contribution in [3.8, 4) is 0 Å². The minimum absolute atomic E-state index is 0.235. The lowest BCUT2D eigenvalue weighted by Crippen LogP contribution is -2.14. The molecule has 0 bridgehead atoms. The van der Waals surface area contributed by atoms with Crippen LogP contribution in [0.2, 0.25) is 5.02 Å². The SMILES string of the molecule is Cc1nn(Cc2ccc(Cl)cc2)c(C)c1NC(=O)c1cc(C)n(C)n1. The Morgan fingerprint density at radius 1 is 1.16 bits per heavy atom. The Hall–Kier alpha value is -2.60. The van der Waals surface area contributed by atoms with Crippen molar-refractivity contribution < 1.29 is 4.79 Å². The van der Waals surface area contributed by atoms with Crippen LogP contribution >= 0.6 is 11.6 Å². The molecule has 0 saturated carbocycles. The summed E-state index contributed by atoms with van der Waals surface area (Å²) >= 11 is 5.93. The summed E-state index contributed by atoms with van der Waals surface area (Å²) in [6.07, 6.45) is 0. The quantitative estimate of drug-likeness (QED) is 0.777. The molecule has 0 spiro atoms. The number of benzene rings is 1. The number of nitrogens with zero attached hydrogens (tertiary/aromatic N) is 4. The molecule has 0 atom stereocenters. The van der Waals surface area contributed by atoms with Crippen molar-refractivity contribution >= 4 is 23.2 Å². The molecule has 0 aliphatic carbocycles. The molecule has 6 nitrogen and oxygen atoms in total. The van der Waals surface area contributed by atoms with Gasteiger partial charge in [-0.2, -0.15) is 10.2 Å². The van der Waals surface area contributed by atoms with Gasteiger partial charge in [0.25, 0.3) is 5.91 Å². The van der Waals surface area contributed by atoms with Gasteiger partial charge in [0.2, 0.25) is 0 Å². The van der Waals surface area contributed by atoms with Gasteiger partial charge < -0.3 is 5.32 Å². The predicted molar refractivity (Wildman–Crippen MR) is 98.2 cm³/mol. The second-order valence-corrected chi connectivity index (χ2v) is 6.52. The molecular formula is C18H20ClN5O. The number of hydrogen-bond acceptors (Lipinski definition) is 3. The first-order chi connectivity index (χ1) is 11.8. The minimum atomic E-state index is -0.235. The molecule has 2 aromatic heterocycles. The van der Waals surface area contributed by atoms with Gasteiger partial charge in [-0.05, 0) is 44.5 Å². The molecule has 7 heteroatoms.